The number of carbonyl (C=O) groups is 1. The van der Waals surface area contributed by atoms with Crippen LogP contribution in [0.2, 0.25) is 5.02 Å². The minimum absolute atomic E-state index is 0.0335. The quantitative estimate of drug-likeness (QED) is 0.285. The van der Waals surface area contributed by atoms with E-state index >= 15 is 0 Å². The molecule has 1 amide bonds. The number of aryl methyl sites for hydroxylation is 1. The number of likely N-dealkylation sites (N-methyl/N-ethyl adjacent to an activating group) is 1. The van der Waals surface area contributed by atoms with E-state index in [0.29, 0.717) is 49.6 Å². The van der Waals surface area contributed by atoms with Crippen LogP contribution in [0.1, 0.15) is 45.4 Å². The van der Waals surface area contributed by atoms with Crippen molar-refractivity contribution in [3.05, 3.63) is 84.8 Å². The minimum atomic E-state index is -3.62. The molecule has 1 aliphatic heterocycles. The van der Waals surface area contributed by atoms with Gasteiger partial charge < -0.3 is 4.90 Å². The number of nitrogens with zero attached hydrogens (tertiary/aromatic N) is 4. The van der Waals surface area contributed by atoms with E-state index in [1.54, 1.807) is 41.6 Å². The number of hydrogen-bond acceptors (Lipinski definition) is 7. The van der Waals surface area contributed by atoms with Gasteiger partial charge in [0.1, 0.15) is 5.69 Å². The van der Waals surface area contributed by atoms with Crippen molar-refractivity contribution in [3.8, 4) is 0 Å². The second kappa shape index (κ2) is 11.3. The number of hydrogen-bond donors (Lipinski definition) is 0. The van der Waals surface area contributed by atoms with Crippen LogP contribution in [-0.4, -0.2) is 60.1 Å². The first kappa shape index (κ1) is 27.2. The van der Waals surface area contributed by atoms with Crippen LogP contribution in [0.15, 0.2) is 52.7 Å². The molecule has 0 unspecified atom stereocenters. The molecule has 3 aromatic rings. The summed E-state index contributed by atoms with van der Waals surface area (Å²) in [5, 5.41) is 13.8. The number of piperidine rings is 1. The van der Waals surface area contributed by atoms with Gasteiger partial charge in [0.15, 0.2) is 0 Å². The van der Waals surface area contributed by atoms with Gasteiger partial charge >= 0.3 is 0 Å². The highest BCUT2D eigenvalue weighted by Gasteiger charge is 2.31. The second-order valence-corrected chi connectivity index (χ2v) is 12.3. The average Bonchev–Trinajstić information content (AvgIpc) is 3.39. The van der Waals surface area contributed by atoms with Crippen molar-refractivity contribution < 1.29 is 18.1 Å². The molecule has 0 radical (unpaired) electrons. The van der Waals surface area contributed by atoms with Crippen molar-refractivity contribution >= 4 is 44.6 Å². The monoisotopic (exact) mass is 562 g/mol. The smallest absolute Gasteiger partial charge is 0.273 e. The number of benzene rings is 2. The van der Waals surface area contributed by atoms with Gasteiger partial charge in [0.05, 0.1) is 14.8 Å². The normalized spacial score (nSPS) is 15.0. The predicted molar refractivity (Wildman–Crippen MR) is 143 cm³/mol. The number of carbonyl (C=O) groups excluding carboxylic acids is 1. The summed E-state index contributed by atoms with van der Waals surface area (Å²) >= 11 is 7.56. The van der Waals surface area contributed by atoms with Gasteiger partial charge in [-0.3, -0.25) is 14.9 Å². The summed E-state index contributed by atoms with van der Waals surface area (Å²) in [5.74, 6) is -0.106. The summed E-state index contributed by atoms with van der Waals surface area (Å²) < 4.78 is 27.6. The van der Waals surface area contributed by atoms with Crippen LogP contribution in [0.3, 0.4) is 0 Å². The van der Waals surface area contributed by atoms with Crippen molar-refractivity contribution in [1.29, 1.82) is 0 Å². The molecule has 1 saturated heterocycles. The minimum Gasteiger partial charge on any atom is -0.340 e. The molecule has 0 bridgehead atoms. The lowest BCUT2D eigenvalue weighted by Crippen LogP contribution is -2.37. The number of non-ortho nitro benzene ring substituents is 1. The van der Waals surface area contributed by atoms with Crippen molar-refractivity contribution in [2.75, 3.05) is 26.7 Å². The van der Waals surface area contributed by atoms with E-state index in [1.807, 2.05) is 6.92 Å². The van der Waals surface area contributed by atoms with E-state index in [2.05, 4.69) is 4.98 Å². The molecule has 9 nitrogen and oxygen atoms in total. The summed E-state index contributed by atoms with van der Waals surface area (Å²) in [4.78, 5) is 29.6. The van der Waals surface area contributed by atoms with Crippen molar-refractivity contribution in [3.63, 3.8) is 0 Å². The molecule has 2 heterocycles. The summed E-state index contributed by atoms with van der Waals surface area (Å²) in [6.45, 7) is 3.02. The molecule has 196 valence electrons. The van der Waals surface area contributed by atoms with Gasteiger partial charge in [-0.25, -0.2) is 13.4 Å². The molecule has 12 heteroatoms. The molecular weight excluding hydrogens is 536 g/mol. The zero-order chi connectivity index (χ0) is 26.7. The number of sulfonamides is 1. The van der Waals surface area contributed by atoms with E-state index < -0.39 is 14.9 Å². The van der Waals surface area contributed by atoms with Crippen LogP contribution >= 0.6 is 22.9 Å². The summed E-state index contributed by atoms with van der Waals surface area (Å²) in [6.07, 6.45) is 1.81. The first-order chi connectivity index (χ1) is 17.6. The average molecular weight is 563 g/mol. The molecule has 1 aromatic heterocycles. The van der Waals surface area contributed by atoms with Crippen LogP contribution in [0, 0.1) is 17.0 Å². The fourth-order valence-corrected chi connectivity index (χ4v) is 6.88. The predicted octanol–water partition coefficient (Wildman–Crippen LogP) is 4.90. The zero-order valence-corrected chi connectivity index (χ0v) is 22.9. The van der Waals surface area contributed by atoms with Gasteiger partial charge in [-0.2, -0.15) is 4.31 Å². The third-order valence-corrected chi connectivity index (χ3v) is 9.86. The van der Waals surface area contributed by atoms with E-state index in [9.17, 15) is 23.3 Å². The Bertz CT molecular complexity index is 1400. The van der Waals surface area contributed by atoms with E-state index in [1.165, 1.54) is 33.8 Å². The van der Waals surface area contributed by atoms with Crippen LogP contribution in [0.5, 0.6) is 0 Å². The number of rotatable bonds is 8. The fraction of sp³-hybridized carbons (Fsp3) is 0.360. The fourth-order valence-electron chi connectivity index (χ4n) is 4.18. The van der Waals surface area contributed by atoms with Gasteiger partial charge in [-0.05, 0) is 49.4 Å². The van der Waals surface area contributed by atoms with Crippen LogP contribution in [-0.2, 0) is 16.4 Å². The number of aromatic nitrogens is 1. The van der Waals surface area contributed by atoms with Crippen LogP contribution in [0.4, 0.5) is 5.69 Å². The van der Waals surface area contributed by atoms with Crippen LogP contribution in [0.25, 0.3) is 0 Å². The first-order valence-electron chi connectivity index (χ1n) is 11.8. The molecular formula is C25H27ClN4O5S2. The SMILES string of the molecule is Cc1ccc(S(=O)(=O)N2CCC(c3nc(C(=O)N(C)CCc4ccc([N+](=O)[O-])cc4)cs3)CC2)cc1Cl. The number of nitro benzene ring substituents is 1. The third kappa shape index (κ3) is 6.18. The lowest BCUT2D eigenvalue weighted by Gasteiger charge is -2.30. The highest BCUT2D eigenvalue weighted by Crippen LogP contribution is 2.33. The molecule has 4 rings (SSSR count). The Kier molecular flexibility index (Phi) is 8.27. The Morgan fingerprint density at radius 3 is 2.51 bits per heavy atom. The second-order valence-electron chi connectivity index (χ2n) is 9.06. The Balaban J connectivity index is 1.32. The molecule has 37 heavy (non-hydrogen) atoms. The van der Waals surface area contributed by atoms with E-state index in [-0.39, 0.29) is 22.4 Å². The number of thiazole rings is 1. The molecule has 0 aliphatic carbocycles. The molecule has 1 fully saturated rings. The van der Waals surface area contributed by atoms with Gasteiger partial charge in [-0.1, -0.05) is 29.8 Å². The maximum Gasteiger partial charge on any atom is 0.273 e. The maximum atomic E-state index is 13.0. The van der Waals surface area contributed by atoms with Crippen molar-refractivity contribution in [2.24, 2.45) is 0 Å². The van der Waals surface area contributed by atoms with Crippen LogP contribution < -0.4 is 0 Å². The largest absolute Gasteiger partial charge is 0.340 e. The standard InChI is InChI=1S/C25H27ClN4O5S2/c1-17-3-8-21(15-22(17)26)37(34,35)29-13-10-19(11-14-29)24-27-23(16-36-24)25(31)28(2)12-9-18-4-6-20(7-5-18)30(32)33/h3-8,15-16,19H,9-14H2,1-2H3. The lowest BCUT2D eigenvalue weighted by atomic mass is 9.99. The molecule has 0 N–H and O–H groups in total. The Morgan fingerprint density at radius 1 is 1.22 bits per heavy atom. The van der Waals surface area contributed by atoms with Gasteiger partial charge in [-0.15, -0.1) is 11.3 Å². The number of amides is 1. The van der Waals surface area contributed by atoms with E-state index in [0.717, 1.165) is 16.1 Å². The molecule has 0 spiro atoms. The Labute approximate surface area is 224 Å². The molecule has 0 atom stereocenters. The van der Waals surface area contributed by atoms with Crippen molar-refractivity contribution in [2.45, 2.75) is 37.0 Å². The van der Waals surface area contributed by atoms with Gasteiger partial charge in [0, 0.05) is 55.1 Å². The summed E-state index contributed by atoms with van der Waals surface area (Å²) in [6, 6.07) is 11.1. The molecule has 0 saturated carbocycles. The Morgan fingerprint density at radius 2 is 1.89 bits per heavy atom. The lowest BCUT2D eigenvalue weighted by molar-refractivity contribution is -0.384. The zero-order valence-electron chi connectivity index (χ0n) is 20.5. The molecule has 2 aromatic carbocycles. The first-order valence-corrected chi connectivity index (χ1v) is 14.5. The number of nitro groups is 1. The van der Waals surface area contributed by atoms with Gasteiger partial charge in [0.2, 0.25) is 10.0 Å². The number of halogens is 1. The topological polar surface area (TPSA) is 114 Å². The van der Waals surface area contributed by atoms with Crippen molar-refractivity contribution in [1.82, 2.24) is 14.2 Å². The highest BCUT2D eigenvalue weighted by molar-refractivity contribution is 7.89. The third-order valence-electron chi connectivity index (χ3n) is 6.56. The molecule has 1 aliphatic rings. The van der Waals surface area contributed by atoms with Gasteiger partial charge in [0.25, 0.3) is 11.6 Å². The van der Waals surface area contributed by atoms with E-state index in [4.69, 9.17) is 11.6 Å². The Hall–Kier alpha value is -2.86. The summed E-state index contributed by atoms with van der Waals surface area (Å²) in [5.41, 5.74) is 2.13. The highest BCUT2D eigenvalue weighted by atomic mass is 35.5. The summed E-state index contributed by atoms with van der Waals surface area (Å²) in [7, 11) is -1.92. The maximum absolute atomic E-state index is 13.0.